The summed E-state index contributed by atoms with van der Waals surface area (Å²) in [7, 11) is 0. The minimum absolute atomic E-state index is 0. The van der Waals surface area contributed by atoms with Gasteiger partial charge in [-0.1, -0.05) is 72.8 Å². The third-order valence-electron chi connectivity index (χ3n) is 2.51. The van der Waals surface area contributed by atoms with Crippen LogP contribution in [0.15, 0.2) is 78.9 Å². The Labute approximate surface area is 152 Å². The summed E-state index contributed by atoms with van der Waals surface area (Å²) in [5, 5.41) is 19.4. The van der Waals surface area contributed by atoms with Gasteiger partial charge in [-0.3, -0.25) is 0 Å². The molecular weight excluding hydrogens is 287 g/mol. The molecule has 0 bridgehead atoms. The van der Waals surface area contributed by atoms with Gasteiger partial charge in [0.2, 0.25) is 0 Å². The number of para-hydroxylation sites is 1. The number of benzene rings is 2. The van der Waals surface area contributed by atoms with E-state index in [-0.39, 0.29) is 35.3 Å². The van der Waals surface area contributed by atoms with E-state index in [0.717, 1.165) is 17.2 Å². The van der Waals surface area contributed by atoms with E-state index in [0.29, 0.717) is 0 Å². The summed E-state index contributed by atoms with van der Waals surface area (Å²) in [6.07, 6.45) is 5.98. The predicted octanol–water partition coefficient (Wildman–Crippen LogP) is 0.635. The molecular formula is C18H17NaO3. The topological polar surface area (TPSA) is 60.4 Å². The summed E-state index contributed by atoms with van der Waals surface area (Å²) >= 11 is 0. The number of carboxylic acids is 1. The molecule has 0 fully saturated rings. The summed E-state index contributed by atoms with van der Waals surface area (Å²) in [5.74, 6) is -0.836. The molecule has 3 nitrogen and oxygen atoms in total. The Hall–Kier alpha value is -1.81. The molecule has 0 aliphatic carbocycles. The Kier molecular flexibility index (Phi) is 10.8. The van der Waals surface area contributed by atoms with E-state index in [9.17, 15) is 9.90 Å². The van der Waals surface area contributed by atoms with Gasteiger partial charge in [-0.05, 0) is 18.1 Å². The predicted molar refractivity (Wildman–Crippen MR) is 82.9 cm³/mol. The number of rotatable bonds is 3. The van der Waals surface area contributed by atoms with Gasteiger partial charge in [0.25, 0.3) is 0 Å². The van der Waals surface area contributed by atoms with Gasteiger partial charge in [-0.15, -0.1) is 5.75 Å². The molecule has 22 heavy (non-hydrogen) atoms. The third-order valence-corrected chi connectivity index (χ3v) is 2.51. The molecule has 0 aromatic heterocycles. The van der Waals surface area contributed by atoms with E-state index < -0.39 is 5.97 Å². The molecule has 4 heteroatoms. The molecule has 0 saturated carbocycles. The minimum atomic E-state index is -0.914. The van der Waals surface area contributed by atoms with Gasteiger partial charge < -0.3 is 10.2 Å². The first-order chi connectivity index (χ1) is 10.1. The van der Waals surface area contributed by atoms with Crippen LogP contribution in [0.2, 0.25) is 0 Å². The zero-order valence-corrected chi connectivity index (χ0v) is 14.8. The minimum Gasteiger partial charge on any atom is -0.872 e. The van der Waals surface area contributed by atoms with Crippen molar-refractivity contribution in [1.29, 1.82) is 0 Å². The van der Waals surface area contributed by atoms with E-state index >= 15 is 0 Å². The molecule has 0 unspecified atom stereocenters. The van der Waals surface area contributed by atoms with Gasteiger partial charge in [0.1, 0.15) is 0 Å². The van der Waals surface area contributed by atoms with Crippen molar-refractivity contribution in [2.45, 2.75) is 6.92 Å². The largest absolute Gasteiger partial charge is 1.00 e. The van der Waals surface area contributed by atoms with E-state index in [4.69, 9.17) is 5.11 Å². The first kappa shape index (κ1) is 20.2. The Morgan fingerprint density at radius 1 is 1.00 bits per heavy atom. The average molecular weight is 304 g/mol. The third kappa shape index (κ3) is 7.84. The first-order valence-electron chi connectivity index (χ1n) is 6.49. The summed E-state index contributed by atoms with van der Waals surface area (Å²) < 4.78 is 0. The fourth-order valence-electron chi connectivity index (χ4n) is 1.57. The van der Waals surface area contributed by atoms with Crippen molar-refractivity contribution < 1.29 is 44.6 Å². The Balaban J connectivity index is 0.000000432. The fraction of sp³-hybridized carbons (Fsp3) is 0.0556. The molecule has 2 aromatic carbocycles. The molecule has 0 saturated heterocycles. The molecule has 0 spiro atoms. The second-order valence-corrected chi connectivity index (χ2v) is 4.09. The average Bonchev–Trinajstić information content (AvgIpc) is 2.49. The van der Waals surface area contributed by atoms with E-state index in [1.54, 1.807) is 24.3 Å². The van der Waals surface area contributed by atoms with Gasteiger partial charge in [-0.2, -0.15) is 0 Å². The summed E-state index contributed by atoms with van der Waals surface area (Å²) in [5.41, 5.74) is 1.75. The van der Waals surface area contributed by atoms with Crippen LogP contribution in [0, 0.1) is 0 Å². The maximum atomic E-state index is 11.4. The van der Waals surface area contributed by atoms with Crippen molar-refractivity contribution in [3.05, 3.63) is 78.9 Å². The maximum absolute atomic E-state index is 11.4. The number of hydrogen-bond donors (Lipinski definition) is 1. The second kappa shape index (κ2) is 11.8. The number of aliphatic carboxylic acids is 1. The van der Waals surface area contributed by atoms with E-state index in [1.165, 1.54) is 6.08 Å². The van der Waals surface area contributed by atoms with Crippen molar-refractivity contribution in [1.82, 2.24) is 0 Å². The number of carboxylic acid groups (broad SMARTS) is 1. The summed E-state index contributed by atoms with van der Waals surface area (Å²) in [4.78, 5) is 9.75. The van der Waals surface area contributed by atoms with Crippen LogP contribution in [-0.4, -0.2) is 11.1 Å². The molecule has 2 aromatic rings. The van der Waals surface area contributed by atoms with Crippen molar-refractivity contribution >= 4 is 5.97 Å². The molecule has 0 atom stereocenters. The molecule has 1 N–H and O–H groups in total. The van der Waals surface area contributed by atoms with Crippen LogP contribution in [0.3, 0.4) is 0 Å². The number of carbonyl (C=O) groups is 1. The Morgan fingerprint density at radius 3 is 2.14 bits per heavy atom. The van der Waals surface area contributed by atoms with Gasteiger partial charge in [0.15, 0.2) is 0 Å². The van der Waals surface area contributed by atoms with E-state index in [1.807, 2.05) is 49.4 Å². The standard InChI is InChI=1S/C12H10O.C6H8O2.Na/c13-12-9-5-4-8-11(12)10-6-2-1-3-7-10;1-2-3-4-5-6(7)8;/h1-9,13H;2-5H,1H3,(H,7,8);/q;;+1/p-1/b;3-2+,5-4+;. The number of hydrogen-bond acceptors (Lipinski definition) is 2. The molecule has 0 aliphatic heterocycles. The monoisotopic (exact) mass is 304 g/mol. The fourth-order valence-corrected chi connectivity index (χ4v) is 1.57. The zero-order valence-electron chi connectivity index (χ0n) is 12.8. The number of allylic oxidation sites excluding steroid dienone is 3. The van der Waals surface area contributed by atoms with Crippen molar-refractivity contribution in [2.75, 3.05) is 0 Å². The molecule has 0 amide bonds. The van der Waals surface area contributed by atoms with E-state index in [2.05, 4.69) is 0 Å². The van der Waals surface area contributed by atoms with Gasteiger partial charge in [0.05, 0.1) is 0 Å². The van der Waals surface area contributed by atoms with Crippen molar-refractivity contribution in [3.63, 3.8) is 0 Å². The van der Waals surface area contributed by atoms with Crippen LogP contribution in [0.1, 0.15) is 6.92 Å². The van der Waals surface area contributed by atoms with Crippen LogP contribution < -0.4 is 34.7 Å². The van der Waals surface area contributed by atoms with Crippen LogP contribution in [0.25, 0.3) is 11.1 Å². The van der Waals surface area contributed by atoms with Gasteiger partial charge in [0, 0.05) is 6.08 Å². The first-order valence-corrected chi connectivity index (χ1v) is 6.49. The van der Waals surface area contributed by atoms with Gasteiger partial charge in [-0.25, -0.2) is 4.79 Å². The quantitative estimate of drug-likeness (QED) is 0.514. The van der Waals surface area contributed by atoms with Crippen molar-refractivity contribution in [3.8, 4) is 16.9 Å². The normalized spacial score (nSPS) is 9.86. The van der Waals surface area contributed by atoms with Crippen LogP contribution >= 0.6 is 0 Å². The Bertz CT molecular complexity index is 619. The second-order valence-electron chi connectivity index (χ2n) is 4.09. The smallest absolute Gasteiger partial charge is 0.872 e. The zero-order chi connectivity index (χ0) is 15.5. The molecule has 2 rings (SSSR count). The SMILES string of the molecule is C/C=C/C=C/C(=O)O.[Na+].[O-]c1ccccc1-c1ccccc1. The molecule has 0 aliphatic rings. The molecule has 0 heterocycles. The van der Waals surface area contributed by atoms with Gasteiger partial charge >= 0.3 is 35.5 Å². The Morgan fingerprint density at radius 2 is 1.59 bits per heavy atom. The summed E-state index contributed by atoms with van der Waals surface area (Å²) in [6.45, 7) is 1.83. The molecule has 0 radical (unpaired) electrons. The molecule has 108 valence electrons. The van der Waals surface area contributed by atoms with Crippen LogP contribution in [0.5, 0.6) is 5.75 Å². The van der Waals surface area contributed by atoms with Crippen LogP contribution in [0.4, 0.5) is 0 Å². The van der Waals surface area contributed by atoms with Crippen LogP contribution in [-0.2, 0) is 4.79 Å². The maximum Gasteiger partial charge on any atom is 1.00 e. The van der Waals surface area contributed by atoms with Crippen molar-refractivity contribution in [2.24, 2.45) is 0 Å². The summed E-state index contributed by atoms with van der Waals surface area (Å²) in [6, 6.07) is 16.8.